The highest BCUT2D eigenvalue weighted by molar-refractivity contribution is 6.40. The molecule has 0 unspecified atom stereocenters. The van der Waals surface area contributed by atoms with Gasteiger partial charge in [0, 0.05) is 7.05 Å². The summed E-state index contributed by atoms with van der Waals surface area (Å²) in [5.74, 6) is -2.03. The van der Waals surface area contributed by atoms with E-state index in [0.717, 1.165) is 0 Å². The second-order valence-corrected chi connectivity index (χ2v) is 1.52. The number of ether oxygens (including phenoxy) is 1. The van der Waals surface area contributed by atoms with Crippen LogP contribution >= 0.6 is 0 Å². The van der Waals surface area contributed by atoms with Gasteiger partial charge in [0.2, 0.25) is 0 Å². The van der Waals surface area contributed by atoms with Crippen molar-refractivity contribution in [2.24, 2.45) is 0 Å². The molecule has 1 saturated heterocycles. The van der Waals surface area contributed by atoms with Gasteiger partial charge in [0.05, 0.1) is 0 Å². The van der Waals surface area contributed by atoms with E-state index in [1.807, 2.05) is 0 Å². The van der Waals surface area contributed by atoms with Crippen molar-refractivity contribution in [3.05, 3.63) is 0 Å². The number of hydrogen-bond donors (Lipinski definition) is 0. The second-order valence-electron chi connectivity index (χ2n) is 1.52. The second kappa shape index (κ2) is 1.54. The molecule has 2 amide bonds. The smallest absolute Gasteiger partial charge is 0.368 e. The molecule has 48 valence electrons. The molecule has 0 aromatic rings. The Balaban J connectivity index is 2.90. The minimum atomic E-state index is -1.11. The van der Waals surface area contributed by atoms with E-state index in [0.29, 0.717) is 4.90 Å². The monoisotopic (exact) mass is 129 g/mol. The molecule has 5 heteroatoms. The van der Waals surface area contributed by atoms with E-state index in [4.69, 9.17) is 0 Å². The fraction of sp³-hybridized carbons (Fsp3) is 0.250. The number of amides is 2. The van der Waals surface area contributed by atoms with E-state index in [1.165, 1.54) is 7.05 Å². The first-order chi connectivity index (χ1) is 4.13. The molecular formula is C4H3NO4. The number of likely N-dealkylation sites (N-methyl/N-ethyl adjacent to an activating group) is 1. The van der Waals surface area contributed by atoms with Gasteiger partial charge >= 0.3 is 18.0 Å². The Bertz CT molecular complexity index is 197. The molecule has 1 heterocycles. The number of rotatable bonds is 0. The molecule has 9 heavy (non-hydrogen) atoms. The molecule has 0 aromatic carbocycles. The van der Waals surface area contributed by atoms with Crippen molar-refractivity contribution in [1.82, 2.24) is 4.90 Å². The summed E-state index contributed by atoms with van der Waals surface area (Å²) in [6.45, 7) is 0. The SMILES string of the molecule is CN1C(=O)OC(=O)C1=O. The molecule has 0 bridgehead atoms. The van der Waals surface area contributed by atoms with Gasteiger partial charge in [0.15, 0.2) is 0 Å². The van der Waals surface area contributed by atoms with E-state index in [2.05, 4.69) is 4.74 Å². The molecule has 0 atom stereocenters. The number of nitrogens with zero attached hydrogens (tertiary/aromatic N) is 1. The van der Waals surface area contributed by atoms with Gasteiger partial charge in [0.25, 0.3) is 0 Å². The third-order valence-electron chi connectivity index (χ3n) is 0.933. The van der Waals surface area contributed by atoms with Crippen molar-refractivity contribution in [2.45, 2.75) is 0 Å². The van der Waals surface area contributed by atoms with Gasteiger partial charge < -0.3 is 4.74 Å². The Labute approximate surface area is 50.2 Å². The van der Waals surface area contributed by atoms with Crippen LogP contribution < -0.4 is 0 Å². The topological polar surface area (TPSA) is 63.7 Å². The zero-order valence-corrected chi connectivity index (χ0v) is 4.58. The fourth-order valence-corrected chi connectivity index (χ4v) is 0.411. The largest absolute Gasteiger partial charge is 0.424 e. The molecular weight excluding hydrogens is 126 g/mol. The van der Waals surface area contributed by atoms with Gasteiger partial charge in [-0.1, -0.05) is 0 Å². The van der Waals surface area contributed by atoms with Crippen LogP contribution in [-0.2, 0) is 14.3 Å². The van der Waals surface area contributed by atoms with Crippen molar-refractivity contribution < 1.29 is 19.1 Å². The number of cyclic esters (lactones) is 2. The zero-order chi connectivity index (χ0) is 7.02. The Morgan fingerprint density at radius 1 is 1.33 bits per heavy atom. The maximum absolute atomic E-state index is 10.3. The summed E-state index contributed by atoms with van der Waals surface area (Å²) in [4.78, 5) is 31.4. The first kappa shape index (κ1) is 5.74. The molecule has 0 radical (unpaired) electrons. The molecule has 0 saturated carbocycles. The van der Waals surface area contributed by atoms with Crippen LogP contribution in [0.4, 0.5) is 4.79 Å². The number of carbonyl (C=O) groups is 3. The number of esters is 1. The highest BCUT2D eigenvalue weighted by Gasteiger charge is 2.36. The van der Waals surface area contributed by atoms with Crippen LogP contribution in [0, 0.1) is 0 Å². The van der Waals surface area contributed by atoms with Gasteiger partial charge in [-0.15, -0.1) is 0 Å². The lowest BCUT2D eigenvalue weighted by Crippen LogP contribution is -2.24. The molecule has 0 spiro atoms. The Kier molecular flexibility index (Phi) is 0.985. The van der Waals surface area contributed by atoms with Gasteiger partial charge in [-0.25, -0.2) is 14.5 Å². The number of imide groups is 1. The maximum Gasteiger partial charge on any atom is 0.424 e. The van der Waals surface area contributed by atoms with Crippen LogP contribution in [0.25, 0.3) is 0 Å². The summed E-state index contributed by atoms with van der Waals surface area (Å²) in [5.41, 5.74) is 0. The van der Waals surface area contributed by atoms with Crippen LogP contribution in [0.2, 0.25) is 0 Å². The minimum Gasteiger partial charge on any atom is -0.368 e. The van der Waals surface area contributed by atoms with Crippen molar-refractivity contribution in [3.8, 4) is 0 Å². The normalized spacial score (nSPS) is 18.8. The van der Waals surface area contributed by atoms with E-state index in [1.54, 1.807) is 0 Å². The predicted octanol–water partition coefficient (Wildman–Crippen LogP) is -0.878. The van der Waals surface area contributed by atoms with Crippen LogP contribution in [0.15, 0.2) is 0 Å². The van der Waals surface area contributed by atoms with Crippen molar-refractivity contribution in [2.75, 3.05) is 7.05 Å². The van der Waals surface area contributed by atoms with Crippen molar-refractivity contribution in [1.29, 1.82) is 0 Å². The van der Waals surface area contributed by atoms with Crippen molar-refractivity contribution in [3.63, 3.8) is 0 Å². The molecule has 1 aliphatic rings. The molecule has 0 aliphatic carbocycles. The number of hydrogen-bond acceptors (Lipinski definition) is 4. The average molecular weight is 129 g/mol. The summed E-state index contributed by atoms with van der Waals surface area (Å²) in [6.07, 6.45) is -0.912. The quantitative estimate of drug-likeness (QED) is 0.242. The van der Waals surface area contributed by atoms with Gasteiger partial charge in [0.1, 0.15) is 0 Å². The lowest BCUT2D eigenvalue weighted by Gasteiger charge is -1.95. The Morgan fingerprint density at radius 2 is 1.89 bits per heavy atom. The van der Waals surface area contributed by atoms with Crippen LogP contribution in [-0.4, -0.2) is 29.9 Å². The van der Waals surface area contributed by atoms with E-state index < -0.39 is 18.0 Å². The Morgan fingerprint density at radius 3 is 2.00 bits per heavy atom. The lowest BCUT2D eigenvalue weighted by atomic mass is 10.6. The van der Waals surface area contributed by atoms with Crippen molar-refractivity contribution >= 4 is 18.0 Å². The highest BCUT2D eigenvalue weighted by Crippen LogP contribution is 2.01. The predicted molar refractivity (Wildman–Crippen MR) is 24.3 cm³/mol. The molecule has 1 fully saturated rings. The highest BCUT2D eigenvalue weighted by atomic mass is 16.6. The molecule has 5 nitrogen and oxygen atoms in total. The fourth-order valence-electron chi connectivity index (χ4n) is 0.411. The van der Waals surface area contributed by atoms with Gasteiger partial charge in [-0.2, -0.15) is 0 Å². The van der Waals surface area contributed by atoms with E-state index in [-0.39, 0.29) is 0 Å². The van der Waals surface area contributed by atoms with Crippen LogP contribution in [0.1, 0.15) is 0 Å². The summed E-state index contributed by atoms with van der Waals surface area (Å²) < 4.78 is 3.88. The van der Waals surface area contributed by atoms with E-state index >= 15 is 0 Å². The lowest BCUT2D eigenvalue weighted by molar-refractivity contribution is -0.147. The molecule has 1 aliphatic heterocycles. The first-order valence-corrected chi connectivity index (χ1v) is 2.17. The third kappa shape index (κ3) is 0.658. The van der Waals surface area contributed by atoms with E-state index in [9.17, 15) is 14.4 Å². The zero-order valence-electron chi connectivity index (χ0n) is 4.58. The Hall–Kier alpha value is -1.39. The summed E-state index contributed by atoms with van der Waals surface area (Å²) in [7, 11) is 1.18. The number of carbonyl (C=O) groups excluding carboxylic acids is 3. The summed E-state index contributed by atoms with van der Waals surface area (Å²) in [5, 5.41) is 0. The molecule has 1 rings (SSSR count). The molecule has 0 N–H and O–H groups in total. The van der Waals surface area contributed by atoms with Gasteiger partial charge in [-0.3, -0.25) is 4.79 Å². The summed E-state index contributed by atoms with van der Waals surface area (Å²) >= 11 is 0. The maximum atomic E-state index is 10.3. The van der Waals surface area contributed by atoms with Gasteiger partial charge in [-0.05, 0) is 0 Å². The molecule has 0 aromatic heterocycles. The first-order valence-electron chi connectivity index (χ1n) is 2.17. The third-order valence-corrected chi connectivity index (χ3v) is 0.933. The van der Waals surface area contributed by atoms with Crippen LogP contribution in [0.3, 0.4) is 0 Å². The minimum absolute atomic E-state index is 0.613. The average Bonchev–Trinajstić information content (AvgIpc) is 1.98. The van der Waals surface area contributed by atoms with Crippen LogP contribution in [0.5, 0.6) is 0 Å². The summed E-state index contributed by atoms with van der Waals surface area (Å²) in [6, 6.07) is 0. The standard InChI is InChI=1S/C4H3NO4/c1-5-2(6)3(7)9-4(5)8/h1H3.